The molecule has 174 valence electrons. The van der Waals surface area contributed by atoms with E-state index in [9.17, 15) is 13.2 Å². The molecule has 8 nitrogen and oxygen atoms in total. The molecule has 1 amide bonds. The molecule has 0 radical (unpaired) electrons. The molecular weight excluding hydrogens is 446 g/mol. The van der Waals surface area contributed by atoms with Crippen LogP contribution in [-0.4, -0.2) is 72.8 Å². The van der Waals surface area contributed by atoms with Crippen molar-refractivity contribution in [3.63, 3.8) is 0 Å². The van der Waals surface area contributed by atoms with Crippen molar-refractivity contribution in [3.8, 4) is 0 Å². The van der Waals surface area contributed by atoms with Crippen molar-refractivity contribution in [1.29, 1.82) is 0 Å². The molecule has 4 heterocycles. The van der Waals surface area contributed by atoms with Gasteiger partial charge in [-0.15, -0.1) is 11.3 Å². The van der Waals surface area contributed by atoms with Crippen molar-refractivity contribution in [2.45, 2.75) is 43.7 Å². The smallest absolute Gasteiger partial charge is 0.252 e. The summed E-state index contributed by atoms with van der Waals surface area (Å²) >= 11 is 1.24. The highest BCUT2D eigenvalue weighted by Crippen LogP contribution is 2.28. The second kappa shape index (κ2) is 9.44. The molecule has 2 aliphatic rings. The van der Waals surface area contributed by atoms with E-state index in [2.05, 4.69) is 23.7 Å². The van der Waals surface area contributed by atoms with E-state index in [0.29, 0.717) is 43.2 Å². The van der Waals surface area contributed by atoms with E-state index in [4.69, 9.17) is 4.98 Å². The van der Waals surface area contributed by atoms with Gasteiger partial charge in [0, 0.05) is 62.9 Å². The van der Waals surface area contributed by atoms with Crippen LogP contribution in [0.15, 0.2) is 27.8 Å². The number of piperazine rings is 1. The fourth-order valence-corrected chi connectivity index (χ4v) is 6.90. The first-order valence-corrected chi connectivity index (χ1v) is 13.5. The van der Waals surface area contributed by atoms with Crippen molar-refractivity contribution >= 4 is 33.1 Å². The van der Waals surface area contributed by atoms with E-state index in [0.717, 1.165) is 30.4 Å². The average Bonchev–Trinajstić information content (AvgIpc) is 3.34. The predicted octanol–water partition coefficient (Wildman–Crippen LogP) is 2.72. The summed E-state index contributed by atoms with van der Waals surface area (Å²) in [5, 5.41) is 1.77. The minimum absolute atomic E-state index is 0.106. The number of hydrogen-bond donors (Lipinski definition) is 0. The monoisotopic (exact) mass is 477 g/mol. The Morgan fingerprint density at radius 1 is 1.09 bits per heavy atom. The van der Waals surface area contributed by atoms with Gasteiger partial charge in [0.05, 0.1) is 0 Å². The summed E-state index contributed by atoms with van der Waals surface area (Å²) in [7, 11) is -3.44. The molecule has 4 rings (SSSR count). The Hall–Kier alpha value is -2.04. The van der Waals surface area contributed by atoms with Crippen LogP contribution < -0.4 is 4.90 Å². The topological polar surface area (TPSA) is 86.7 Å². The molecule has 0 aromatic carbocycles. The Balaban J connectivity index is 1.32. The maximum absolute atomic E-state index is 13.1. The van der Waals surface area contributed by atoms with Gasteiger partial charge in [-0.25, -0.2) is 18.4 Å². The summed E-state index contributed by atoms with van der Waals surface area (Å²) in [6, 6.07) is 5.40. The third-order valence-electron chi connectivity index (χ3n) is 6.18. The minimum Gasteiger partial charge on any atom is -0.353 e. The highest BCUT2D eigenvalue weighted by molar-refractivity contribution is 7.91. The molecule has 0 atom stereocenters. The van der Waals surface area contributed by atoms with Crippen molar-refractivity contribution in [2.24, 2.45) is 5.92 Å². The lowest BCUT2D eigenvalue weighted by Gasteiger charge is -2.38. The third-order valence-corrected chi connectivity index (χ3v) is 9.45. The quantitative estimate of drug-likeness (QED) is 0.658. The first-order valence-electron chi connectivity index (χ1n) is 11.2. The maximum Gasteiger partial charge on any atom is 0.252 e. The number of thiophene rings is 1. The molecule has 0 bridgehead atoms. The Labute approximate surface area is 194 Å². The number of aryl methyl sites for hydroxylation is 1. The standard InChI is InChI=1S/C22H31N5O3S2/c1-16(2)21-23-17(3)15-19(24-21)25-10-12-26(13-11-25)22(28)18-6-8-27(9-7-18)32(29,30)20-5-4-14-31-20/h4-5,14-16,18H,6-13H2,1-3H3. The zero-order valence-corrected chi connectivity index (χ0v) is 20.5. The summed E-state index contributed by atoms with van der Waals surface area (Å²) in [5.41, 5.74) is 0.960. The van der Waals surface area contributed by atoms with Crippen molar-refractivity contribution in [1.82, 2.24) is 19.2 Å². The number of piperidine rings is 1. The Morgan fingerprint density at radius 2 is 1.78 bits per heavy atom. The summed E-state index contributed by atoms with van der Waals surface area (Å²) in [6.45, 7) is 9.76. The molecule has 0 unspecified atom stereocenters. The van der Waals surface area contributed by atoms with Crippen LogP contribution in [0.2, 0.25) is 0 Å². The number of anilines is 1. The van der Waals surface area contributed by atoms with E-state index in [1.165, 1.54) is 15.6 Å². The Bertz CT molecular complexity index is 1040. The zero-order chi connectivity index (χ0) is 22.9. The van der Waals surface area contributed by atoms with Gasteiger partial charge in [-0.2, -0.15) is 4.31 Å². The maximum atomic E-state index is 13.1. The molecule has 10 heteroatoms. The molecule has 2 fully saturated rings. The van der Waals surface area contributed by atoms with Gasteiger partial charge >= 0.3 is 0 Å². The summed E-state index contributed by atoms with van der Waals surface area (Å²) < 4.78 is 27.3. The second-order valence-corrected chi connectivity index (χ2v) is 11.9. The average molecular weight is 478 g/mol. The van der Waals surface area contributed by atoms with E-state index in [1.54, 1.807) is 17.5 Å². The molecular formula is C22H31N5O3S2. The van der Waals surface area contributed by atoms with Crippen LogP contribution in [0.25, 0.3) is 0 Å². The molecule has 32 heavy (non-hydrogen) atoms. The molecule has 2 saturated heterocycles. The number of nitrogens with zero attached hydrogens (tertiary/aromatic N) is 5. The van der Waals surface area contributed by atoms with Gasteiger partial charge in [0.15, 0.2) is 0 Å². The lowest BCUT2D eigenvalue weighted by Crippen LogP contribution is -2.52. The summed E-state index contributed by atoms with van der Waals surface area (Å²) in [6.07, 6.45) is 1.15. The SMILES string of the molecule is Cc1cc(N2CCN(C(=O)C3CCN(S(=O)(=O)c4cccs4)CC3)CC2)nc(C(C)C)n1. The van der Waals surface area contributed by atoms with Gasteiger partial charge < -0.3 is 9.80 Å². The number of rotatable bonds is 5. The third kappa shape index (κ3) is 4.82. The summed E-state index contributed by atoms with van der Waals surface area (Å²) in [4.78, 5) is 26.5. The van der Waals surface area contributed by atoms with E-state index in [-0.39, 0.29) is 17.7 Å². The largest absolute Gasteiger partial charge is 0.353 e. The number of carbonyl (C=O) groups is 1. The van der Waals surface area contributed by atoms with Crippen LogP contribution in [0, 0.1) is 12.8 Å². The van der Waals surface area contributed by atoms with Crippen LogP contribution in [0.3, 0.4) is 0 Å². The predicted molar refractivity (Wildman–Crippen MR) is 125 cm³/mol. The number of carbonyl (C=O) groups excluding carboxylic acids is 1. The van der Waals surface area contributed by atoms with Gasteiger partial charge in [-0.1, -0.05) is 19.9 Å². The van der Waals surface area contributed by atoms with Crippen molar-refractivity contribution < 1.29 is 13.2 Å². The Kier molecular flexibility index (Phi) is 6.83. The molecule has 0 aliphatic carbocycles. The Morgan fingerprint density at radius 3 is 2.38 bits per heavy atom. The number of sulfonamides is 1. The van der Waals surface area contributed by atoms with Crippen molar-refractivity contribution in [2.75, 3.05) is 44.2 Å². The van der Waals surface area contributed by atoms with Gasteiger partial charge in [0.1, 0.15) is 15.9 Å². The second-order valence-electron chi connectivity index (χ2n) is 8.80. The summed E-state index contributed by atoms with van der Waals surface area (Å²) in [5.74, 6) is 2.10. The lowest BCUT2D eigenvalue weighted by molar-refractivity contribution is -0.137. The first-order chi connectivity index (χ1) is 15.3. The van der Waals surface area contributed by atoms with Crippen LogP contribution in [0.5, 0.6) is 0 Å². The molecule has 0 saturated carbocycles. The molecule has 2 aromatic heterocycles. The number of amides is 1. The minimum atomic E-state index is -3.44. The van der Waals surface area contributed by atoms with Crippen LogP contribution in [-0.2, 0) is 14.8 Å². The van der Waals surface area contributed by atoms with Crippen LogP contribution in [0.1, 0.15) is 44.1 Å². The van der Waals surface area contributed by atoms with Gasteiger partial charge in [-0.05, 0) is 31.2 Å². The normalized spacial score (nSPS) is 19.0. The van der Waals surface area contributed by atoms with E-state index >= 15 is 0 Å². The van der Waals surface area contributed by atoms with Gasteiger partial charge in [0.2, 0.25) is 5.91 Å². The van der Waals surface area contributed by atoms with Gasteiger partial charge in [0.25, 0.3) is 10.0 Å². The van der Waals surface area contributed by atoms with Gasteiger partial charge in [-0.3, -0.25) is 4.79 Å². The highest BCUT2D eigenvalue weighted by atomic mass is 32.2. The molecule has 0 spiro atoms. The highest BCUT2D eigenvalue weighted by Gasteiger charge is 2.35. The molecule has 2 aliphatic heterocycles. The van der Waals surface area contributed by atoms with Crippen LogP contribution >= 0.6 is 11.3 Å². The fourth-order valence-electron chi connectivity index (χ4n) is 4.29. The number of hydrogen-bond acceptors (Lipinski definition) is 7. The van der Waals surface area contributed by atoms with Crippen molar-refractivity contribution in [3.05, 3.63) is 35.1 Å². The molecule has 2 aromatic rings. The first kappa shape index (κ1) is 23.1. The fraction of sp³-hybridized carbons (Fsp3) is 0.591. The van der Waals surface area contributed by atoms with E-state index < -0.39 is 10.0 Å². The number of aromatic nitrogens is 2. The molecule has 0 N–H and O–H groups in total. The van der Waals surface area contributed by atoms with Crippen LogP contribution in [0.4, 0.5) is 5.82 Å². The zero-order valence-electron chi connectivity index (χ0n) is 18.9. The lowest BCUT2D eigenvalue weighted by atomic mass is 9.96. The van der Waals surface area contributed by atoms with E-state index in [1.807, 2.05) is 17.9 Å².